The number of likely N-dealkylation sites (tertiary alicyclic amines) is 1. The Morgan fingerprint density at radius 1 is 1.16 bits per heavy atom. The van der Waals surface area contributed by atoms with E-state index in [0.717, 1.165) is 51.9 Å². The molecule has 0 spiro atoms. The summed E-state index contributed by atoms with van der Waals surface area (Å²) < 4.78 is 1.21. The molecule has 0 saturated carbocycles. The molecular formula is C19H25BBrN3O. The highest BCUT2D eigenvalue weighted by Crippen LogP contribution is 2.36. The molecule has 0 aliphatic carbocycles. The standard InChI is InChI=1S/C19H25BBrN3O/c1-20(25)24-13-9-19(15-22,10-14-24)23-11-7-17(8-12-23)18(21)16-5-3-2-4-6-16/h2-6,25H,7-14H2,1H3. The molecule has 132 valence electrons. The molecule has 0 bridgehead atoms. The smallest absolute Gasteiger partial charge is 0.376 e. The summed E-state index contributed by atoms with van der Waals surface area (Å²) in [5.74, 6) is 0. The van der Waals surface area contributed by atoms with Crippen LogP contribution in [0, 0.1) is 11.3 Å². The number of nitriles is 1. The molecule has 2 fully saturated rings. The lowest BCUT2D eigenvalue weighted by molar-refractivity contribution is 0.0730. The minimum Gasteiger partial charge on any atom is -0.437 e. The Morgan fingerprint density at radius 3 is 2.28 bits per heavy atom. The van der Waals surface area contributed by atoms with Gasteiger partial charge in [0.15, 0.2) is 0 Å². The van der Waals surface area contributed by atoms with Crippen LogP contribution in [0.4, 0.5) is 0 Å². The molecule has 2 aliphatic heterocycles. The summed E-state index contributed by atoms with van der Waals surface area (Å²) >= 11 is 3.78. The summed E-state index contributed by atoms with van der Waals surface area (Å²) in [6, 6.07) is 13.0. The van der Waals surface area contributed by atoms with Crippen LogP contribution in [-0.4, -0.2) is 53.5 Å². The molecule has 6 heteroatoms. The first kappa shape index (κ1) is 18.7. The summed E-state index contributed by atoms with van der Waals surface area (Å²) in [5.41, 5.74) is 2.30. The highest BCUT2D eigenvalue weighted by atomic mass is 79.9. The number of hydrogen-bond acceptors (Lipinski definition) is 4. The molecule has 2 aliphatic rings. The van der Waals surface area contributed by atoms with Crippen molar-refractivity contribution < 1.29 is 5.02 Å². The maximum atomic E-state index is 9.88. The van der Waals surface area contributed by atoms with E-state index in [0.29, 0.717) is 0 Å². The molecule has 1 N–H and O–H groups in total. The first-order chi connectivity index (χ1) is 12.1. The van der Waals surface area contributed by atoms with Crippen LogP contribution in [0.2, 0.25) is 6.82 Å². The monoisotopic (exact) mass is 401 g/mol. The van der Waals surface area contributed by atoms with Crippen LogP contribution in [0.1, 0.15) is 31.2 Å². The fourth-order valence-corrected chi connectivity index (χ4v) is 4.64. The number of benzene rings is 1. The van der Waals surface area contributed by atoms with Gasteiger partial charge in [0.25, 0.3) is 0 Å². The van der Waals surface area contributed by atoms with Crippen molar-refractivity contribution in [2.45, 2.75) is 38.0 Å². The highest BCUT2D eigenvalue weighted by Gasteiger charge is 2.42. The Kier molecular flexibility index (Phi) is 6.01. The van der Waals surface area contributed by atoms with E-state index in [2.05, 4.69) is 56.0 Å². The Labute approximate surface area is 159 Å². The van der Waals surface area contributed by atoms with Gasteiger partial charge in [0, 0.05) is 17.6 Å². The zero-order chi connectivity index (χ0) is 17.9. The predicted molar refractivity (Wildman–Crippen MR) is 106 cm³/mol. The van der Waals surface area contributed by atoms with Crippen LogP contribution in [0.25, 0.3) is 4.48 Å². The number of rotatable bonds is 3. The lowest BCUT2D eigenvalue weighted by Gasteiger charge is -2.46. The van der Waals surface area contributed by atoms with Crippen LogP contribution in [0.5, 0.6) is 0 Å². The van der Waals surface area contributed by atoms with E-state index in [9.17, 15) is 10.3 Å². The van der Waals surface area contributed by atoms with Gasteiger partial charge in [-0.25, -0.2) is 0 Å². The summed E-state index contributed by atoms with van der Waals surface area (Å²) in [6.07, 6.45) is 3.62. The van der Waals surface area contributed by atoms with Gasteiger partial charge in [-0.05, 0) is 51.2 Å². The van der Waals surface area contributed by atoms with Crippen LogP contribution in [0.15, 0.2) is 35.9 Å². The molecule has 3 rings (SSSR count). The molecule has 4 nitrogen and oxygen atoms in total. The summed E-state index contributed by atoms with van der Waals surface area (Å²) in [6.45, 7) is 5.24. The molecule has 1 aromatic rings. The summed E-state index contributed by atoms with van der Waals surface area (Å²) in [5, 5.41) is 19.6. The molecule has 1 aromatic carbocycles. The molecule has 2 saturated heterocycles. The second-order valence-electron chi connectivity index (χ2n) is 7.08. The van der Waals surface area contributed by atoms with E-state index in [1.165, 1.54) is 15.6 Å². The zero-order valence-electron chi connectivity index (χ0n) is 14.8. The molecule has 25 heavy (non-hydrogen) atoms. The van der Waals surface area contributed by atoms with E-state index in [-0.39, 0.29) is 5.54 Å². The van der Waals surface area contributed by atoms with E-state index in [4.69, 9.17) is 0 Å². The van der Waals surface area contributed by atoms with Gasteiger partial charge in [-0.15, -0.1) is 0 Å². The van der Waals surface area contributed by atoms with Crippen LogP contribution in [-0.2, 0) is 0 Å². The first-order valence-electron chi connectivity index (χ1n) is 9.07. The Balaban J connectivity index is 1.66. The van der Waals surface area contributed by atoms with Gasteiger partial charge >= 0.3 is 7.05 Å². The van der Waals surface area contributed by atoms with E-state index in [1.54, 1.807) is 6.82 Å². The number of halogens is 1. The van der Waals surface area contributed by atoms with Gasteiger partial charge < -0.3 is 9.83 Å². The first-order valence-corrected chi connectivity index (χ1v) is 9.86. The average Bonchev–Trinajstić information content (AvgIpc) is 2.68. The average molecular weight is 402 g/mol. The summed E-state index contributed by atoms with van der Waals surface area (Å²) in [4.78, 5) is 4.43. The third-order valence-electron chi connectivity index (χ3n) is 5.67. The van der Waals surface area contributed by atoms with Crippen molar-refractivity contribution in [2.75, 3.05) is 26.2 Å². The number of piperidine rings is 2. The third kappa shape index (κ3) is 4.01. The van der Waals surface area contributed by atoms with Crippen molar-refractivity contribution in [1.29, 1.82) is 5.26 Å². The van der Waals surface area contributed by atoms with Crippen molar-refractivity contribution in [3.8, 4) is 6.07 Å². The Morgan fingerprint density at radius 2 is 1.76 bits per heavy atom. The third-order valence-corrected chi connectivity index (χ3v) is 6.69. The Hall–Kier alpha value is -1.13. The maximum Gasteiger partial charge on any atom is 0.376 e. The van der Waals surface area contributed by atoms with Gasteiger partial charge in [0.1, 0.15) is 5.54 Å². The van der Waals surface area contributed by atoms with E-state index >= 15 is 0 Å². The highest BCUT2D eigenvalue weighted by molar-refractivity contribution is 9.15. The van der Waals surface area contributed by atoms with Gasteiger partial charge in [0.05, 0.1) is 6.07 Å². The molecule has 0 amide bonds. The summed E-state index contributed by atoms with van der Waals surface area (Å²) in [7, 11) is -0.422. The van der Waals surface area contributed by atoms with E-state index < -0.39 is 7.05 Å². The zero-order valence-corrected chi connectivity index (χ0v) is 16.4. The molecule has 2 heterocycles. The van der Waals surface area contributed by atoms with Crippen LogP contribution in [0.3, 0.4) is 0 Å². The van der Waals surface area contributed by atoms with Crippen molar-refractivity contribution >= 4 is 27.5 Å². The van der Waals surface area contributed by atoms with Gasteiger partial charge in [0.2, 0.25) is 0 Å². The largest absolute Gasteiger partial charge is 0.437 e. The van der Waals surface area contributed by atoms with Crippen molar-refractivity contribution in [1.82, 2.24) is 9.71 Å². The lowest BCUT2D eigenvalue weighted by atomic mass is 9.77. The van der Waals surface area contributed by atoms with Crippen molar-refractivity contribution in [2.24, 2.45) is 0 Å². The predicted octanol–water partition coefficient (Wildman–Crippen LogP) is 3.36. The number of hydrogen-bond donors (Lipinski definition) is 1. The fourth-order valence-electron chi connectivity index (χ4n) is 3.98. The van der Waals surface area contributed by atoms with Crippen LogP contribution < -0.4 is 0 Å². The second kappa shape index (κ2) is 8.05. The molecule has 0 unspecified atom stereocenters. The lowest BCUT2D eigenvalue weighted by Crippen LogP contribution is -2.58. The molecule has 0 radical (unpaired) electrons. The minimum absolute atomic E-state index is 0.365. The quantitative estimate of drug-likeness (QED) is 0.789. The van der Waals surface area contributed by atoms with Gasteiger partial charge in [-0.3, -0.25) is 4.90 Å². The normalized spacial score (nSPS) is 21.6. The van der Waals surface area contributed by atoms with Gasteiger partial charge in [-0.1, -0.05) is 51.8 Å². The minimum atomic E-state index is -0.422. The molecular weight excluding hydrogens is 377 g/mol. The van der Waals surface area contributed by atoms with E-state index in [1.807, 2.05) is 6.07 Å². The Bertz CT molecular complexity index is 653. The SMILES string of the molecule is CB(O)N1CCC(C#N)(N2CCC(=C(Br)c3ccccc3)CC2)CC1. The van der Waals surface area contributed by atoms with Crippen LogP contribution >= 0.6 is 15.9 Å². The topological polar surface area (TPSA) is 50.5 Å². The molecule has 0 atom stereocenters. The number of nitrogens with zero attached hydrogens (tertiary/aromatic N) is 3. The van der Waals surface area contributed by atoms with Gasteiger partial charge in [-0.2, -0.15) is 5.26 Å². The fraction of sp³-hybridized carbons (Fsp3) is 0.526. The van der Waals surface area contributed by atoms with Crippen molar-refractivity contribution in [3.63, 3.8) is 0 Å². The molecule has 0 aromatic heterocycles. The maximum absolute atomic E-state index is 9.88. The van der Waals surface area contributed by atoms with Crippen molar-refractivity contribution in [3.05, 3.63) is 41.5 Å². The second-order valence-corrected chi connectivity index (χ2v) is 7.87.